The van der Waals surface area contributed by atoms with Gasteiger partial charge in [0.25, 0.3) is 0 Å². The first-order valence-electron chi connectivity index (χ1n) is 4.99. The number of anilines is 1. The number of nitrogens with zero attached hydrogens (tertiary/aromatic N) is 2. The highest BCUT2D eigenvalue weighted by Gasteiger charge is 2.02. The third-order valence-corrected chi connectivity index (χ3v) is 2.51. The van der Waals surface area contributed by atoms with Crippen molar-refractivity contribution in [2.45, 2.75) is 0 Å². The molecular weight excluding hydrogens is 200 g/mol. The van der Waals surface area contributed by atoms with Crippen molar-refractivity contribution >= 4 is 16.7 Å². The number of hydrogen-bond donors (Lipinski definition) is 2. The summed E-state index contributed by atoms with van der Waals surface area (Å²) in [6.07, 6.45) is 1.79. The molecule has 0 atom stereocenters. The standard InChI is InChI=1S/C12H10N4/c13-12-7-11(15-16-12)9-4-3-8-2-1-5-14-10(8)6-9/h1-7H,(H3,13,15,16). The highest BCUT2D eigenvalue weighted by Crippen LogP contribution is 2.22. The van der Waals surface area contributed by atoms with Crippen molar-refractivity contribution in [2.75, 3.05) is 5.73 Å². The van der Waals surface area contributed by atoms with Crippen LogP contribution in [0.5, 0.6) is 0 Å². The molecule has 0 amide bonds. The summed E-state index contributed by atoms with van der Waals surface area (Å²) in [5.41, 5.74) is 8.48. The van der Waals surface area contributed by atoms with Crippen LogP contribution in [0.1, 0.15) is 0 Å². The lowest BCUT2D eigenvalue weighted by atomic mass is 10.1. The number of aromatic amines is 1. The van der Waals surface area contributed by atoms with Crippen molar-refractivity contribution in [2.24, 2.45) is 0 Å². The van der Waals surface area contributed by atoms with Gasteiger partial charge in [0.15, 0.2) is 0 Å². The number of nitrogens with two attached hydrogens (primary N) is 1. The van der Waals surface area contributed by atoms with Crippen LogP contribution in [0.15, 0.2) is 42.6 Å². The molecule has 4 heteroatoms. The second-order valence-corrected chi connectivity index (χ2v) is 3.62. The van der Waals surface area contributed by atoms with Gasteiger partial charge in [0.05, 0.1) is 11.2 Å². The maximum absolute atomic E-state index is 5.57. The molecule has 3 aromatic rings. The molecule has 0 radical (unpaired) electrons. The van der Waals surface area contributed by atoms with E-state index in [1.165, 1.54) is 0 Å². The van der Waals surface area contributed by atoms with Crippen LogP contribution in [0.3, 0.4) is 0 Å². The second kappa shape index (κ2) is 3.34. The average Bonchev–Trinajstić information content (AvgIpc) is 2.75. The van der Waals surface area contributed by atoms with Crippen LogP contribution in [0.25, 0.3) is 22.2 Å². The molecule has 0 bridgehead atoms. The van der Waals surface area contributed by atoms with E-state index in [1.807, 2.05) is 36.4 Å². The highest BCUT2D eigenvalue weighted by molar-refractivity contribution is 5.83. The summed E-state index contributed by atoms with van der Waals surface area (Å²) in [6, 6.07) is 11.8. The van der Waals surface area contributed by atoms with E-state index in [-0.39, 0.29) is 0 Å². The maximum Gasteiger partial charge on any atom is 0.145 e. The largest absolute Gasteiger partial charge is 0.382 e. The van der Waals surface area contributed by atoms with E-state index in [0.29, 0.717) is 5.82 Å². The number of aromatic nitrogens is 3. The van der Waals surface area contributed by atoms with E-state index in [4.69, 9.17) is 5.73 Å². The van der Waals surface area contributed by atoms with Gasteiger partial charge in [0, 0.05) is 23.2 Å². The van der Waals surface area contributed by atoms with Gasteiger partial charge in [-0.2, -0.15) is 5.10 Å². The predicted octanol–water partition coefficient (Wildman–Crippen LogP) is 2.21. The summed E-state index contributed by atoms with van der Waals surface area (Å²) in [5, 5.41) is 7.91. The van der Waals surface area contributed by atoms with Gasteiger partial charge in [-0.25, -0.2) is 0 Å². The quantitative estimate of drug-likeness (QED) is 0.647. The van der Waals surface area contributed by atoms with Crippen molar-refractivity contribution in [1.82, 2.24) is 15.2 Å². The normalized spacial score (nSPS) is 10.8. The van der Waals surface area contributed by atoms with E-state index in [1.54, 1.807) is 6.20 Å². The topological polar surface area (TPSA) is 67.6 Å². The maximum atomic E-state index is 5.57. The molecule has 2 heterocycles. The van der Waals surface area contributed by atoms with Crippen LogP contribution >= 0.6 is 0 Å². The molecule has 0 aliphatic heterocycles. The summed E-state index contributed by atoms with van der Waals surface area (Å²) >= 11 is 0. The van der Waals surface area contributed by atoms with Gasteiger partial charge in [-0.1, -0.05) is 18.2 Å². The predicted molar refractivity (Wildman–Crippen MR) is 63.7 cm³/mol. The fraction of sp³-hybridized carbons (Fsp3) is 0. The van der Waals surface area contributed by atoms with Gasteiger partial charge < -0.3 is 5.73 Å². The zero-order valence-electron chi connectivity index (χ0n) is 8.51. The molecule has 0 fully saturated rings. The third-order valence-electron chi connectivity index (χ3n) is 2.51. The zero-order valence-corrected chi connectivity index (χ0v) is 8.51. The molecule has 0 saturated heterocycles. The Labute approximate surface area is 92.1 Å². The molecule has 4 nitrogen and oxygen atoms in total. The van der Waals surface area contributed by atoms with Gasteiger partial charge in [0.2, 0.25) is 0 Å². The Morgan fingerprint density at radius 3 is 2.88 bits per heavy atom. The van der Waals surface area contributed by atoms with Gasteiger partial charge >= 0.3 is 0 Å². The first kappa shape index (κ1) is 8.91. The minimum absolute atomic E-state index is 0.496. The Kier molecular flexibility index (Phi) is 1.86. The number of benzene rings is 1. The van der Waals surface area contributed by atoms with Gasteiger partial charge in [-0.05, 0) is 12.1 Å². The Hall–Kier alpha value is -2.36. The zero-order chi connectivity index (χ0) is 11.0. The number of hydrogen-bond acceptors (Lipinski definition) is 3. The molecule has 3 N–H and O–H groups in total. The SMILES string of the molecule is Nc1cc(-c2ccc3cccnc3c2)[nH]n1. The van der Waals surface area contributed by atoms with Crippen LogP contribution in [-0.2, 0) is 0 Å². The minimum atomic E-state index is 0.496. The van der Waals surface area contributed by atoms with Crippen molar-refractivity contribution in [3.8, 4) is 11.3 Å². The number of pyridine rings is 1. The number of nitrogens with one attached hydrogen (secondary N) is 1. The Morgan fingerprint density at radius 1 is 1.12 bits per heavy atom. The summed E-state index contributed by atoms with van der Waals surface area (Å²) in [6.45, 7) is 0. The third kappa shape index (κ3) is 1.40. The summed E-state index contributed by atoms with van der Waals surface area (Å²) in [7, 11) is 0. The van der Waals surface area contributed by atoms with Crippen molar-refractivity contribution < 1.29 is 0 Å². The molecule has 3 rings (SSSR count). The highest BCUT2D eigenvalue weighted by atomic mass is 15.2. The Morgan fingerprint density at radius 2 is 2.06 bits per heavy atom. The van der Waals surface area contributed by atoms with E-state index in [2.05, 4.69) is 15.2 Å². The minimum Gasteiger partial charge on any atom is -0.382 e. The monoisotopic (exact) mass is 210 g/mol. The first-order valence-corrected chi connectivity index (χ1v) is 4.99. The molecule has 0 spiro atoms. The molecule has 78 valence electrons. The number of rotatable bonds is 1. The fourth-order valence-corrected chi connectivity index (χ4v) is 1.72. The lowest BCUT2D eigenvalue weighted by Crippen LogP contribution is -1.81. The van der Waals surface area contributed by atoms with Crippen molar-refractivity contribution in [1.29, 1.82) is 0 Å². The van der Waals surface area contributed by atoms with Crippen LogP contribution in [-0.4, -0.2) is 15.2 Å². The molecule has 0 unspecified atom stereocenters. The molecule has 16 heavy (non-hydrogen) atoms. The number of nitrogen functional groups attached to an aromatic ring is 1. The molecule has 2 aromatic heterocycles. The molecule has 0 aliphatic carbocycles. The van der Waals surface area contributed by atoms with Crippen molar-refractivity contribution in [3.05, 3.63) is 42.6 Å². The average molecular weight is 210 g/mol. The van der Waals surface area contributed by atoms with Gasteiger partial charge in [-0.15, -0.1) is 0 Å². The van der Waals surface area contributed by atoms with E-state index in [9.17, 15) is 0 Å². The van der Waals surface area contributed by atoms with Crippen LogP contribution in [0.4, 0.5) is 5.82 Å². The lowest BCUT2D eigenvalue weighted by molar-refractivity contribution is 1.10. The molecule has 0 aliphatic rings. The lowest BCUT2D eigenvalue weighted by Gasteiger charge is -1.99. The second-order valence-electron chi connectivity index (χ2n) is 3.62. The fourth-order valence-electron chi connectivity index (χ4n) is 1.72. The van der Waals surface area contributed by atoms with E-state index >= 15 is 0 Å². The summed E-state index contributed by atoms with van der Waals surface area (Å²) in [5.74, 6) is 0.496. The van der Waals surface area contributed by atoms with Crippen LogP contribution in [0.2, 0.25) is 0 Å². The Bertz CT molecular complexity index is 642. The van der Waals surface area contributed by atoms with Gasteiger partial charge in [0.1, 0.15) is 5.82 Å². The molecule has 1 aromatic carbocycles. The number of H-pyrrole nitrogens is 1. The smallest absolute Gasteiger partial charge is 0.145 e. The van der Waals surface area contributed by atoms with Crippen LogP contribution in [0, 0.1) is 0 Å². The van der Waals surface area contributed by atoms with Gasteiger partial charge in [-0.3, -0.25) is 10.1 Å². The number of fused-ring (bicyclic) bond motifs is 1. The van der Waals surface area contributed by atoms with Crippen molar-refractivity contribution in [3.63, 3.8) is 0 Å². The first-order chi connectivity index (χ1) is 7.83. The molecular formula is C12H10N4. The van der Waals surface area contributed by atoms with E-state index < -0.39 is 0 Å². The Balaban J connectivity index is 2.18. The van der Waals surface area contributed by atoms with E-state index in [0.717, 1.165) is 22.2 Å². The molecule has 0 saturated carbocycles. The van der Waals surface area contributed by atoms with Crippen LogP contribution < -0.4 is 5.73 Å². The summed E-state index contributed by atoms with van der Waals surface area (Å²) < 4.78 is 0. The summed E-state index contributed by atoms with van der Waals surface area (Å²) in [4.78, 5) is 4.31.